The third-order valence-electron chi connectivity index (χ3n) is 1.84. The van der Waals surface area contributed by atoms with E-state index in [9.17, 15) is 5.11 Å². The van der Waals surface area contributed by atoms with Crippen LogP contribution in [0.4, 0.5) is 0 Å². The van der Waals surface area contributed by atoms with Gasteiger partial charge in [0, 0.05) is 0 Å². The zero-order valence-electron chi connectivity index (χ0n) is 7.02. The van der Waals surface area contributed by atoms with Crippen molar-refractivity contribution < 1.29 is 5.11 Å². The molecular weight excluding hydrogens is 136 g/mol. The van der Waals surface area contributed by atoms with Gasteiger partial charge in [0.15, 0.2) is 0 Å². The van der Waals surface area contributed by atoms with Crippen molar-refractivity contribution in [3.05, 3.63) is 35.7 Å². The lowest BCUT2D eigenvalue weighted by molar-refractivity contribution is 0.466. The van der Waals surface area contributed by atoms with Crippen LogP contribution in [0.3, 0.4) is 0 Å². The molecule has 0 amide bonds. The number of benzene rings is 1. The van der Waals surface area contributed by atoms with E-state index in [-0.39, 0.29) is 0 Å². The summed E-state index contributed by atoms with van der Waals surface area (Å²) in [5, 5.41) is 9.41. The molecule has 0 atom stereocenters. The smallest absolute Gasteiger partial charge is 0.121 e. The second-order valence-electron chi connectivity index (χ2n) is 2.83. The SMILES string of the molecule is [CH2]Cc1cc(C)c(O)c(C)c1. The molecule has 0 bridgehead atoms. The number of rotatable bonds is 1. The van der Waals surface area contributed by atoms with Gasteiger partial charge < -0.3 is 5.11 Å². The van der Waals surface area contributed by atoms with E-state index >= 15 is 0 Å². The van der Waals surface area contributed by atoms with E-state index in [4.69, 9.17) is 0 Å². The fourth-order valence-electron chi connectivity index (χ4n) is 1.19. The topological polar surface area (TPSA) is 20.2 Å². The van der Waals surface area contributed by atoms with Crippen molar-refractivity contribution >= 4 is 0 Å². The molecule has 1 heteroatoms. The molecule has 0 spiro atoms. The zero-order chi connectivity index (χ0) is 8.43. The fraction of sp³-hybridized carbons (Fsp3) is 0.300. The molecule has 1 aromatic carbocycles. The number of phenolic OH excluding ortho intramolecular Hbond substituents is 1. The molecule has 0 fully saturated rings. The van der Waals surface area contributed by atoms with Crippen LogP contribution in [-0.2, 0) is 6.42 Å². The van der Waals surface area contributed by atoms with Gasteiger partial charge in [-0.05, 0) is 43.9 Å². The lowest BCUT2D eigenvalue weighted by Gasteiger charge is -2.05. The zero-order valence-corrected chi connectivity index (χ0v) is 7.02. The van der Waals surface area contributed by atoms with Crippen molar-refractivity contribution in [3.63, 3.8) is 0 Å². The Balaban J connectivity index is 3.21. The lowest BCUT2D eigenvalue weighted by Crippen LogP contribution is -1.86. The van der Waals surface area contributed by atoms with E-state index < -0.39 is 0 Å². The number of aryl methyl sites for hydroxylation is 2. The highest BCUT2D eigenvalue weighted by atomic mass is 16.3. The Morgan fingerprint density at radius 3 is 2.09 bits per heavy atom. The number of phenols is 1. The lowest BCUT2D eigenvalue weighted by atomic mass is 10.0. The maximum Gasteiger partial charge on any atom is 0.121 e. The molecule has 0 saturated carbocycles. The molecule has 1 radical (unpaired) electrons. The molecule has 0 unspecified atom stereocenters. The van der Waals surface area contributed by atoms with Crippen LogP contribution in [0.15, 0.2) is 12.1 Å². The van der Waals surface area contributed by atoms with Gasteiger partial charge in [-0.1, -0.05) is 12.1 Å². The highest BCUT2D eigenvalue weighted by Gasteiger charge is 2.00. The fourth-order valence-corrected chi connectivity index (χ4v) is 1.19. The first-order chi connectivity index (χ1) is 5.15. The molecule has 1 nitrogen and oxygen atoms in total. The highest BCUT2D eigenvalue weighted by molar-refractivity contribution is 5.42. The summed E-state index contributed by atoms with van der Waals surface area (Å²) in [4.78, 5) is 0. The molecule has 0 aliphatic heterocycles. The van der Waals surface area contributed by atoms with Gasteiger partial charge in [0.1, 0.15) is 5.75 Å². The van der Waals surface area contributed by atoms with Crippen LogP contribution in [0.25, 0.3) is 0 Å². The average Bonchev–Trinajstić information content (AvgIpc) is 1.99. The summed E-state index contributed by atoms with van der Waals surface area (Å²) < 4.78 is 0. The van der Waals surface area contributed by atoms with E-state index in [1.807, 2.05) is 26.0 Å². The predicted octanol–water partition coefficient (Wildman–Crippen LogP) is 2.39. The molecule has 1 rings (SSSR count). The maximum atomic E-state index is 9.41. The number of aromatic hydroxyl groups is 1. The van der Waals surface area contributed by atoms with Crippen LogP contribution in [-0.4, -0.2) is 5.11 Å². The van der Waals surface area contributed by atoms with Gasteiger partial charge in [0.2, 0.25) is 0 Å². The molecule has 0 aromatic heterocycles. The summed E-state index contributed by atoms with van der Waals surface area (Å²) in [6, 6.07) is 3.94. The quantitative estimate of drug-likeness (QED) is 0.650. The molecule has 59 valence electrons. The molecule has 1 aromatic rings. The monoisotopic (exact) mass is 149 g/mol. The first-order valence-corrected chi connectivity index (χ1v) is 3.73. The molecule has 0 saturated heterocycles. The summed E-state index contributed by atoms with van der Waals surface area (Å²) in [6.45, 7) is 7.59. The molecule has 1 N–H and O–H groups in total. The van der Waals surface area contributed by atoms with E-state index in [1.165, 1.54) is 5.56 Å². The Labute approximate surface area is 67.7 Å². The van der Waals surface area contributed by atoms with E-state index in [1.54, 1.807) is 0 Å². The van der Waals surface area contributed by atoms with Crippen LogP contribution in [0.1, 0.15) is 16.7 Å². The minimum absolute atomic E-state index is 0.405. The van der Waals surface area contributed by atoms with Gasteiger partial charge >= 0.3 is 0 Å². The van der Waals surface area contributed by atoms with Gasteiger partial charge in [-0.2, -0.15) is 0 Å². The van der Waals surface area contributed by atoms with Crippen molar-refractivity contribution in [1.82, 2.24) is 0 Å². The van der Waals surface area contributed by atoms with Crippen molar-refractivity contribution in [1.29, 1.82) is 0 Å². The Morgan fingerprint density at radius 1 is 1.27 bits per heavy atom. The summed E-state index contributed by atoms with van der Waals surface area (Å²) in [5.74, 6) is 0.405. The molecule has 0 heterocycles. The van der Waals surface area contributed by atoms with Crippen molar-refractivity contribution in [3.8, 4) is 5.75 Å². The summed E-state index contributed by atoms with van der Waals surface area (Å²) in [7, 11) is 0. The van der Waals surface area contributed by atoms with Gasteiger partial charge in [0.05, 0.1) is 0 Å². The van der Waals surface area contributed by atoms with Crippen LogP contribution >= 0.6 is 0 Å². The maximum absolute atomic E-state index is 9.41. The summed E-state index contributed by atoms with van der Waals surface area (Å²) in [5.41, 5.74) is 3.05. The van der Waals surface area contributed by atoms with Gasteiger partial charge in [-0.25, -0.2) is 0 Å². The second-order valence-corrected chi connectivity index (χ2v) is 2.83. The van der Waals surface area contributed by atoms with Crippen molar-refractivity contribution in [2.45, 2.75) is 20.3 Å². The number of hydrogen-bond donors (Lipinski definition) is 1. The molecular formula is C10H13O. The van der Waals surface area contributed by atoms with Crippen LogP contribution in [0.2, 0.25) is 0 Å². The minimum atomic E-state index is 0.405. The van der Waals surface area contributed by atoms with Gasteiger partial charge in [0.25, 0.3) is 0 Å². The Morgan fingerprint density at radius 2 is 1.73 bits per heavy atom. The van der Waals surface area contributed by atoms with Crippen LogP contribution in [0.5, 0.6) is 5.75 Å². The third kappa shape index (κ3) is 1.53. The van der Waals surface area contributed by atoms with E-state index in [0.717, 1.165) is 17.5 Å². The molecule has 11 heavy (non-hydrogen) atoms. The Kier molecular flexibility index (Phi) is 2.18. The van der Waals surface area contributed by atoms with Crippen molar-refractivity contribution in [2.24, 2.45) is 0 Å². The van der Waals surface area contributed by atoms with Crippen molar-refractivity contribution in [2.75, 3.05) is 0 Å². The largest absolute Gasteiger partial charge is 0.507 e. The summed E-state index contributed by atoms with van der Waals surface area (Å²) in [6.07, 6.45) is 0.780. The number of hydrogen-bond acceptors (Lipinski definition) is 1. The van der Waals surface area contributed by atoms with Crippen LogP contribution in [0, 0.1) is 20.8 Å². The predicted molar refractivity (Wildman–Crippen MR) is 46.6 cm³/mol. The average molecular weight is 149 g/mol. The normalized spacial score (nSPS) is 10.1. The van der Waals surface area contributed by atoms with E-state index in [2.05, 4.69) is 6.92 Å². The molecule has 0 aliphatic rings. The summed E-state index contributed by atoms with van der Waals surface area (Å²) >= 11 is 0. The first kappa shape index (κ1) is 8.12. The Bertz CT molecular complexity index is 241. The molecule has 0 aliphatic carbocycles. The first-order valence-electron chi connectivity index (χ1n) is 3.73. The second kappa shape index (κ2) is 2.95. The van der Waals surface area contributed by atoms with Gasteiger partial charge in [-0.3, -0.25) is 0 Å². The van der Waals surface area contributed by atoms with E-state index in [0.29, 0.717) is 5.75 Å². The Hall–Kier alpha value is -0.980. The minimum Gasteiger partial charge on any atom is -0.507 e. The van der Waals surface area contributed by atoms with Gasteiger partial charge in [-0.15, -0.1) is 0 Å². The third-order valence-corrected chi connectivity index (χ3v) is 1.84. The van der Waals surface area contributed by atoms with Crippen LogP contribution < -0.4 is 0 Å². The standard InChI is InChI=1S/C10H13O/c1-4-9-5-7(2)10(11)8(3)6-9/h5-6,11H,1,4H2,2-3H3. The highest BCUT2D eigenvalue weighted by Crippen LogP contribution is 2.22.